The highest BCUT2D eigenvalue weighted by Gasteiger charge is 2.28. The number of para-hydroxylation sites is 2. The Balaban J connectivity index is 1.86. The topological polar surface area (TPSA) is 89.3 Å². The van der Waals surface area contributed by atoms with Crippen molar-refractivity contribution in [2.45, 2.75) is 26.2 Å². The molecular weight excluding hydrogens is 400 g/mol. The van der Waals surface area contributed by atoms with Gasteiger partial charge >= 0.3 is 5.97 Å². The number of aromatic amines is 1. The number of esters is 1. The summed E-state index contributed by atoms with van der Waals surface area (Å²) in [6.45, 7) is 2.24. The van der Waals surface area contributed by atoms with Crippen molar-refractivity contribution in [1.82, 2.24) is 19.4 Å². The number of fused-ring (bicyclic) bond motifs is 8. The minimum Gasteiger partial charge on any atom is -0.465 e. The lowest BCUT2D eigenvalue weighted by atomic mass is 9.89. The molecule has 30 heavy (non-hydrogen) atoms. The number of ether oxygens (including phenoxy) is 1. The normalized spacial score (nSPS) is 16.5. The van der Waals surface area contributed by atoms with Crippen LogP contribution in [-0.4, -0.2) is 32.4 Å². The molecule has 0 amide bonds. The number of hydrogen-bond acceptors (Lipinski definition) is 6. The zero-order chi connectivity index (χ0) is 20.6. The number of aromatic nitrogens is 4. The van der Waals surface area contributed by atoms with Crippen LogP contribution in [0.1, 0.15) is 34.1 Å². The molecule has 4 heterocycles. The van der Waals surface area contributed by atoms with Gasteiger partial charge in [0, 0.05) is 4.88 Å². The van der Waals surface area contributed by atoms with E-state index in [1.54, 1.807) is 11.3 Å². The van der Waals surface area contributed by atoms with Gasteiger partial charge in [-0.2, -0.15) is 0 Å². The number of rotatable bonds is 1. The number of methoxy groups -OCH3 is 1. The number of nitrogens with one attached hydrogen (secondary N) is 1. The first-order valence-electron chi connectivity index (χ1n) is 9.92. The second-order valence-corrected chi connectivity index (χ2v) is 9.00. The van der Waals surface area contributed by atoms with E-state index in [4.69, 9.17) is 14.7 Å². The van der Waals surface area contributed by atoms with E-state index in [1.807, 2.05) is 28.7 Å². The van der Waals surface area contributed by atoms with E-state index in [0.717, 1.165) is 35.2 Å². The summed E-state index contributed by atoms with van der Waals surface area (Å²) in [5, 5.41) is 0.706. The standard InChI is InChI=1S/C22H18N4O3S/c1-10-7-8-11-14(9-10)30-21-15(11)20(27)25-18-16(22(28)29-2)17-19(26(18)21)24-13-6-4-3-5-12(13)23-17/h3-6,10H,7-9H2,1-2H3,(H,25,27)/t10-/m0/s1. The van der Waals surface area contributed by atoms with Gasteiger partial charge in [-0.15, -0.1) is 11.3 Å². The zero-order valence-corrected chi connectivity index (χ0v) is 17.3. The summed E-state index contributed by atoms with van der Waals surface area (Å²) < 4.78 is 6.91. The molecule has 7 nitrogen and oxygen atoms in total. The van der Waals surface area contributed by atoms with E-state index >= 15 is 0 Å². The molecule has 5 aromatic rings. The fraction of sp³-hybridized carbons (Fsp3) is 0.273. The van der Waals surface area contributed by atoms with Crippen molar-refractivity contribution in [1.29, 1.82) is 0 Å². The van der Waals surface area contributed by atoms with Crippen LogP contribution in [0.3, 0.4) is 0 Å². The predicted molar refractivity (Wildman–Crippen MR) is 117 cm³/mol. The number of H-pyrrole nitrogens is 1. The maximum atomic E-state index is 13.1. The molecule has 0 aliphatic heterocycles. The van der Waals surface area contributed by atoms with Gasteiger partial charge in [0.2, 0.25) is 0 Å². The molecule has 1 atom stereocenters. The Morgan fingerprint density at radius 2 is 2.03 bits per heavy atom. The fourth-order valence-corrected chi connectivity index (χ4v) is 6.07. The first-order valence-corrected chi connectivity index (χ1v) is 10.7. The molecule has 1 aliphatic rings. The average molecular weight is 418 g/mol. The molecule has 1 aliphatic carbocycles. The number of carbonyl (C=O) groups excluding carboxylic acids is 1. The minimum atomic E-state index is -0.544. The molecule has 0 saturated heterocycles. The largest absolute Gasteiger partial charge is 0.465 e. The smallest absolute Gasteiger partial charge is 0.343 e. The Kier molecular flexibility index (Phi) is 3.59. The van der Waals surface area contributed by atoms with Gasteiger partial charge in [-0.3, -0.25) is 9.20 Å². The highest BCUT2D eigenvalue weighted by atomic mass is 32.1. The highest BCUT2D eigenvalue weighted by Crippen LogP contribution is 2.38. The second-order valence-electron chi connectivity index (χ2n) is 7.92. The average Bonchev–Trinajstić information content (AvgIpc) is 3.26. The van der Waals surface area contributed by atoms with Gasteiger partial charge in [0.05, 0.1) is 23.5 Å². The zero-order valence-electron chi connectivity index (χ0n) is 16.5. The van der Waals surface area contributed by atoms with Crippen molar-refractivity contribution < 1.29 is 9.53 Å². The summed E-state index contributed by atoms with van der Waals surface area (Å²) >= 11 is 1.62. The Morgan fingerprint density at radius 1 is 1.27 bits per heavy atom. The number of benzene rings is 1. The van der Waals surface area contributed by atoms with Gasteiger partial charge in [-0.05, 0) is 42.9 Å². The van der Waals surface area contributed by atoms with Crippen LogP contribution in [0, 0.1) is 5.92 Å². The molecule has 0 fully saturated rings. The maximum Gasteiger partial charge on any atom is 0.343 e. The molecule has 0 unspecified atom stereocenters. The van der Waals surface area contributed by atoms with Gasteiger partial charge in [0.25, 0.3) is 5.56 Å². The molecule has 0 radical (unpaired) electrons. The molecule has 4 aromatic heterocycles. The molecule has 1 aromatic carbocycles. The van der Waals surface area contributed by atoms with Crippen LogP contribution in [0.2, 0.25) is 0 Å². The summed E-state index contributed by atoms with van der Waals surface area (Å²) in [6.07, 6.45) is 2.93. The summed E-state index contributed by atoms with van der Waals surface area (Å²) in [5.74, 6) is 0.0490. The molecule has 1 N–H and O–H groups in total. The van der Waals surface area contributed by atoms with Gasteiger partial charge in [-0.25, -0.2) is 14.8 Å². The van der Waals surface area contributed by atoms with E-state index in [2.05, 4.69) is 11.9 Å². The van der Waals surface area contributed by atoms with Crippen LogP contribution in [0.25, 0.3) is 38.1 Å². The third-order valence-electron chi connectivity index (χ3n) is 6.01. The Morgan fingerprint density at radius 3 is 2.80 bits per heavy atom. The van der Waals surface area contributed by atoms with Crippen molar-refractivity contribution in [3.8, 4) is 0 Å². The minimum absolute atomic E-state index is 0.179. The first kappa shape index (κ1) is 17.6. The van der Waals surface area contributed by atoms with E-state index < -0.39 is 5.97 Å². The number of aryl methyl sites for hydroxylation is 1. The lowest BCUT2D eigenvalue weighted by Crippen LogP contribution is -2.14. The first-order chi connectivity index (χ1) is 14.6. The number of nitrogens with zero attached hydrogens (tertiary/aromatic N) is 3. The van der Waals surface area contributed by atoms with Gasteiger partial charge in [-0.1, -0.05) is 19.1 Å². The summed E-state index contributed by atoms with van der Waals surface area (Å²) in [7, 11) is 1.33. The summed E-state index contributed by atoms with van der Waals surface area (Å²) in [4.78, 5) is 40.4. The van der Waals surface area contributed by atoms with Crippen LogP contribution >= 0.6 is 11.3 Å². The molecule has 6 rings (SSSR count). The highest BCUT2D eigenvalue weighted by molar-refractivity contribution is 7.19. The summed E-state index contributed by atoms with van der Waals surface area (Å²) in [6, 6.07) is 7.53. The van der Waals surface area contributed by atoms with Crippen molar-refractivity contribution in [2.75, 3.05) is 7.11 Å². The van der Waals surface area contributed by atoms with Crippen LogP contribution in [0.15, 0.2) is 29.1 Å². The monoisotopic (exact) mass is 418 g/mol. The Bertz CT molecular complexity index is 1580. The third kappa shape index (κ3) is 2.25. The molecular formula is C22H18N4O3S. The van der Waals surface area contributed by atoms with Crippen LogP contribution in [0.5, 0.6) is 0 Å². The van der Waals surface area contributed by atoms with E-state index in [0.29, 0.717) is 33.6 Å². The quantitative estimate of drug-likeness (QED) is 0.418. The Labute approximate surface area is 174 Å². The summed E-state index contributed by atoms with van der Waals surface area (Å²) in [5.41, 5.74) is 3.98. The SMILES string of the molecule is COC(=O)c1c2nc3ccccc3nc2n2c1[nH]c(=O)c1c3c(sc12)C[C@@H](C)CC3. The van der Waals surface area contributed by atoms with Crippen LogP contribution in [-0.2, 0) is 17.6 Å². The molecule has 8 heteroatoms. The van der Waals surface area contributed by atoms with Crippen LogP contribution in [0.4, 0.5) is 0 Å². The van der Waals surface area contributed by atoms with E-state index in [9.17, 15) is 9.59 Å². The molecule has 0 bridgehead atoms. The lowest BCUT2D eigenvalue weighted by Gasteiger charge is -2.17. The van der Waals surface area contributed by atoms with Crippen molar-refractivity contribution in [2.24, 2.45) is 5.92 Å². The lowest BCUT2D eigenvalue weighted by molar-refractivity contribution is 0.0604. The number of thiophene rings is 1. The van der Waals surface area contributed by atoms with Crippen molar-refractivity contribution >= 4 is 55.4 Å². The van der Waals surface area contributed by atoms with E-state index in [-0.39, 0.29) is 11.1 Å². The second kappa shape index (κ2) is 6.12. The van der Waals surface area contributed by atoms with Gasteiger partial charge in [0.15, 0.2) is 5.65 Å². The maximum absolute atomic E-state index is 13.1. The van der Waals surface area contributed by atoms with Crippen LogP contribution < -0.4 is 5.56 Å². The molecule has 150 valence electrons. The molecule has 0 saturated carbocycles. The number of carbonyl (C=O) groups is 1. The molecule has 0 spiro atoms. The van der Waals surface area contributed by atoms with Crippen molar-refractivity contribution in [3.63, 3.8) is 0 Å². The third-order valence-corrected chi connectivity index (χ3v) is 7.25. The van der Waals surface area contributed by atoms with Gasteiger partial charge < -0.3 is 9.72 Å². The van der Waals surface area contributed by atoms with Gasteiger partial charge in [0.1, 0.15) is 21.6 Å². The van der Waals surface area contributed by atoms with Crippen molar-refractivity contribution in [3.05, 3.63) is 50.6 Å². The number of hydrogen-bond donors (Lipinski definition) is 1. The predicted octanol–water partition coefficient (Wildman–Crippen LogP) is 3.85. The Hall–Kier alpha value is -3.26. The fourth-order valence-electron chi connectivity index (χ4n) is 4.55. The van der Waals surface area contributed by atoms with E-state index in [1.165, 1.54) is 12.0 Å².